The highest BCUT2D eigenvalue weighted by Gasteiger charge is 2.14. The van der Waals surface area contributed by atoms with Crippen molar-refractivity contribution in [1.29, 1.82) is 0 Å². The first-order chi connectivity index (χ1) is 9.79. The number of benzene rings is 2. The van der Waals surface area contributed by atoms with Gasteiger partial charge in [-0.1, -0.05) is 29.3 Å². The fraction of sp³-hybridized carbons (Fsp3) is 0.133. The minimum Gasteiger partial charge on any atom is -0.396 e. The van der Waals surface area contributed by atoms with Crippen LogP contribution in [0.1, 0.15) is 21.5 Å². The van der Waals surface area contributed by atoms with E-state index in [0.717, 1.165) is 21.3 Å². The summed E-state index contributed by atoms with van der Waals surface area (Å²) in [5.74, 6) is -0.300. The SMILES string of the molecule is Cc1cc(C)c(NC(=O)c2cc(Cl)c(N)c(Cl)c2)c(Br)c1. The molecule has 21 heavy (non-hydrogen) atoms. The van der Waals surface area contributed by atoms with Gasteiger partial charge in [0.05, 0.1) is 21.4 Å². The van der Waals surface area contributed by atoms with Gasteiger partial charge in [-0.15, -0.1) is 0 Å². The van der Waals surface area contributed by atoms with Crippen molar-refractivity contribution in [2.24, 2.45) is 0 Å². The number of carbonyl (C=O) groups is 1. The molecule has 0 aliphatic heterocycles. The number of rotatable bonds is 2. The molecule has 1 amide bonds. The van der Waals surface area contributed by atoms with E-state index >= 15 is 0 Å². The molecule has 3 N–H and O–H groups in total. The van der Waals surface area contributed by atoms with Crippen LogP contribution in [0.25, 0.3) is 0 Å². The highest BCUT2D eigenvalue weighted by atomic mass is 79.9. The standard InChI is InChI=1S/C15H13BrCl2N2O/c1-7-3-8(2)14(10(16)4-7)20-15(21)9-5-11(17)13(19)12(18)6-9/h3-6H,19H2,1-2H3,(H,20,21). The van der Waals surface area contributed by atoms with Gasteiger partial charge in [-0.05, 0) is 59.1 Å². The summed E-state index contributed by atoms with van der Waals surface area (Å²) in [6.45, 7) is 3.92. The van der Waals surface area contributed by atoms with Gasteiger partial charge in [-0.3, -0.25) is 4.79 Å². The molecule has 0 aliphatic carbocycles. The number of anilines is 2. The highest BCUT2D eigenvalue weighted by Crippen LogP contribution is 2.31. The van der Waals surface area contributed by atoms with Gasteiger partial charge in [0.2, 0.25) is 0 Å². The zero-order chi connectivity index (χ0) is 15.7. The van der Waals surface area contributed by atoms with Crippen molar-refractivity contribution in [3.63, 3.8) is 0 Å². The molecule has 0 unspecified atom stereocenters. The Morgan fingerprint density at radius 3 is 2.24 bits per heavy atom. The molecule has 0 aliphatic rings. The number of amides is 1. The number of hydrogen-bond acceptors (Lipinski definition) is 2. The molecule has 0 saturated carbocycles. The summed E-state index contributed by atoms with van der Waals surface area (Å²) >= 11 is 15.4. The Hall–Kier alpha value is -1.23. The second-order valence-electron chi connectivity index (χ2n) is 4.75. The molecule has 2 aromatic rings. The van der Waals surface area contributed by atoms with Gasteiger partial charge in [0.25, 0.3) is 5.91 Å². The summed E-state index contributed by atoms with van der Waals surface area (Å²) < 4.78 is 0.820. The molecule has 2 aromatic carbocycles. The van der Waals surface area contributed by atoms with Gasteiger partial charge in [0.15, 0.2) is 0 Å². The number of aryl methyl sites for hydroxylation is 2. The molecule has 0 heterocycles. The third-order valence-corrected chi connectivity index (χ3v) is 4.26. The van der Waals surface area contributed by atoms with Crippen LogP contribution < -0.4 is 11.1 Å². The van der Waals surface area contributed by atoms with Crippen LogP contribution >= 0.6 is 39.1 Å². The molecule has 0 atom stereocenters. The van der Waals surface area contributed by atoms with Crippen LogP contribution in [0.4, 0.5) is 11.4 Å². The van der Waals surface area contributed by atoms with Crippen LogP contribution in [0, 0.1) is 13.8 Å². The quantitative estimate of drug-likeness (QED) is 0.695. The molecule has 0 radical (unpaired) electrons. The molecule has 110 valence electrons. The minimum absolute atomic E-state index is 0.257. The Morgan fingerprint density at radius 1 is 1.14 bits per heavy atom. The molecule has 0 fully saturated rings. The number of nitrogens with two attached hydrogens (primary N) is 1. The van der Waals surface area contributed by atoms with E-state index in [4.69, 9.17) is 28.9 Å². The number of carbonyl (C=O) groups excluding carboxylic acids is 1. The first kappa shape index (κ1) is 16.1. The van der Waals surface area contributed by atoms with E-state index in [-0.39, 0.29) is 21.6 Å². The van der Waals surface area contributed by atoms with Gasteiger partial charge in [0.1, 0.15) is 0 Å². The van der Waals surface area contributed by atoms with Crippen LogP contribution in [0.5, 0.6) is 0 Å². The lowest BCUT2D eigenvalue weighted by Crippen LogP contribution is -2.13. The smallest absolute Gasteiger partial charge is 0.255 e. The van der Waals surface area contributed by atoms with E-state index < -0.39 is 0 Å². The van der Waals surface area contributed by atoms with Crippen molar-refractivity contribution in [2.75, 3.05) is 11.1 Å². The molecular formula is C15H13BrCl2N2O. The summed E-state index contributed by atoms with van der Waals surface area (Å²) in [6.07, 6.45) is 0. The van der Waals surface area contributed by atoms with Crippen molar-refractivity contribution >= 4 is 56.4 Å². The van der Waals surface area contributed by atoms with E-state index in [1.165, 1.54) is 12.1 Å². The summed E-state index contributed by atoms with van der Waals surface area (Å²) in [4.78, 5) is 12.3. The van der Waals surface area contributed by atoms with Crippen molar-refractivity contribution in [1.82, 2.24) is 0 Å². The zero-order valence-corrected chi connectivity index (χ0v) is 14.5. The average Bonchev–Trinajstić information content (AvgIpc) is 2.39. The second kappa shape index (κ2) is 6.26. The van der Waals surface area contributed by atoms with E-state index in [1.807, 2.05) is 26.0 Å². The summed E-state index contributed by atoms with van der Waals surface area (Å²) in [5.41, 5.74) is 9.07. The normalized spacial score (nSPS) is 10.5. The van der Waals surface area contributed by atoms with E-state index in [0.29, 0.717) is 5.56 Å². The van der Waals surface area contributed by atoms with E-state index in [9.17, 15) is 4.79 Å². The molecular weight excluding hydrogens is 375 g/mol. The Kier molecular flexibility index (Phi) is 4.81. The molecule has 0 aromatic heterocycles. The molecule has 0 bridgehead atoms. The van der Waals surface area contributed by atoms with Crippen LogP contribution in [-0.2, 0) is 0 Å². The van der Waals surface area contributed by atoms with E-state index in [2.05, 4.69) is 21.2 Å². The molecule has 0 saturated heterocycles. The second-order valence-corrected chi connectivity index (χ2v) is 6.42. The van der Waals surface area contributed by atoms with Crippen LogP contribution in [0.3, 0.4) is 0 Å². The molecule has 0 spiro atoms. The van der Waals surface area contributed by atoms with Gasteiger partial charge in [-0.25, -0.2) is 0 Å². The van der Waals surface area contributed by atoms with Gasteiger partial charge in [0, 0.05) is 10.0 Å². The fourth-order valence-electron chi connectivity index (χ4n) is 1.98. The lowest BCUT2D eigenvalue weighted by molar-refractivity contribution is 0.102. The molecule has 6 heteroatoms. The van der Waals surface area contributed by atoms with Crippen LogP contribution in [-0.4, -0.2) is 5.91 Å². The van der Waals surface area contributed by atoms with E-state index in [1.54, 1.807) is 0 Å². The van der Waals surface area contributed by atoms with Gasteiger partial charge >= 0.3 is 0 Å². The van der Waals surface area contributed by atoms with Crippen molar-refractivity contribution in [3.8, 4) is 0 Å². The largest absolute Gasteiger partial charge is 0.396 e. The number of nitrogen functional groups attached to an aromatic ring is 1. The first-order valence-corrected chi connectivity index (χ1v) is 7.67. The maximum Gasteiger partial charge on any atom is 0.255 e. The Morgan fingerprint density at radius 2 is 1.71 bits per heavy atom. The first-order valence-electron chi connectivity index (χ1n) is 6.12. The molecule has 3 nitrogen and oxygen atoms in total. The monoisotopic (exact) mass is 386 g/mol. The lowest BCUT2D eigenvalue weighted by Gasteiger charge is -2.12. The lowest BCUT2D eigenvalue weighted by atomic mass is 10.1. The summed E-state index contributed by atoms with van der Waals surface area (Å²) in [7, 11) is 0. The predicted octanol–water partition coefficient (Wildman–Crippen LogP) is 5.21. The Balaban J connectivity index is 2.35. The summed E-state index contributed by atoms with van der Waals surface area (Å²) in [5, 5.41) is 3.37. The van der Waals surface area contributed by atoms with Crippen LogP contribution in [0.15, 0.2) is 28.7 Å². The van der Waals surface area contributed by atoms with Crippen molar-refractivity contribution in [3.05, 3.63) is 55.5 Å². The Labute approximate surface area is 141 Å². The van der Waals surface area contributed by atoms with Gasteiger partial charge < -0.3 is 11.1 Å². The highest BCUT2D eigenvalue weighted by molar-refractivity contribution is 9.10. The topological polar surface area (TPSA) is 55.1 Å². The predicted molar refractivity (Wildman–Crippen MR) is 92.4 cm³/mol. The van der Waals surface area contributed by atoms with Crippen molar-refractivity contribution < 1.29 is 4.79 Å². The third-order valence-electron chi connectivity index (χ3n) is 3.01. The maximum absolute atomic E-state index is 12.3. The van der Waals surface area contributed by atoms with Gasteiger partial charge in [-0.2, -0.15) is 0 Å². The Bertz CT molecular complexity index is 686. The molecule has 2 rings (SSSR count). The minimum atomic E-state index is -0.300. The van der Waals surface area contributed by atoms with Crippen LogP contribution in [0.2, 0.25) is 10.0 Å². The fourth-order valence-corrected chi connectivity index (χ4v) is 3.24. The number of halogens is 3. The summed E-state index contributed by atoms with van der Waals surface area (Å²) in [6, 6.07) is 6.92. The number of hydrogen-bond donors (Lipinski definition) is 2. The third kappa shape index (κ3) is 3.51. The maximum atomic E-state index is 12.3. The van der Waals surface area contributed by atoms with Crippen molar-refractivity contribution in [2.45, 2.75) is 13.8 Å². The number of nitrogens with one attached hydrogen (secondary N) is 1. The zero-order valence-electron chi connectivity index (χ0n) is 11.4. The average molecular weight is 388 g/mol.